The third-order valence-electron chi connectivity index (χ3n) is 11.1. The highest BCUT2D eigenvalue weighted by atomic mass is 32.2. The van der Waals surface area contributed by atoms with Gasteiger partial charge in [0.1, 0.15) is 17.8 Å². The lowest BCUT2D eigenvalue weighted by atomic mass is 9.99. The van der Waals surface area contributed by atoms with Crippen molar-refractivity contribution in [1.82, 2.24) is 19.8 Å². The number of fused-ring (bicyclic) bond motifs is 1. The number of hydrogen-bond acceptors (Lipinski definition) is 12. The summed E-state index contributed by atoms with van der Waals surface area (Å²) in [5.41, 5.74) is 4.68. The number of hydrogen-bond donors (Lipinski definition) is 2. The van der Waals surface area contributed by atoms with Gasteiger partial charge in [-0.2, -0.15) is 0 Å². The Morgan fingerprint density at radius 1 is 0.836 bits per heavy atom. The Kier molecular flexibility index (Phi) is 13.4. The molecule has 6 aromatic rings. The van der Waals surface area contributed by atoms with Crippen LogP contribution in [0, 0.1) is 15.9 Å². The van der Waals surface area contributed by atoms with Crippen LogP contribution in [0.1, 0.15) is 12.0 Å². The van der Waals surface area contributed by atoms with Gasteiger partial charge < -0.3 is 15.0 Å². The summed E-state index contributed by atoms with van der Waals surface area (Å²) in [7, 11) is -4.29. The fourth-order valence-electron chi connectivity index (χ4n) is 7.73. The standard InChI is InChI=1S/C45H47FN8O5S2/c46-35-12-10-33(11-13-35)40-9-5-4-6-34(40)30-52-20-22-53(23-21-52)37-14-16-41-43(28-37)47-32-48-45(41)50-61(57,58)39-15-17-42(44(29-39)54(55)56)49-36(18-19-51-24-26-59-27-25-51)31-60-38-7-2-1-3-8-38/h1-17,28-29,32,36,49H,18-27,30-31H2,(H,47,48,50). The van der Waals surface area contributed by atoms with Gasteiger partial charge in [0.25, 0.3) is 15.7 Å². The molecule has 1 unspecified atom stereocenters. The summed E-state index contributed by atoms with van der Waals surface area (Å²) in [6.45, 7) is 7.78. The van der Waals surface area contributed by atoms with E-state index in [1.54, 1.807) is 17.8 Å². The number of halogens is 1. The number of morpholine rings is 1. The van der Waals surface area contributed by atoms with Crippen molar-refractivity contribution in [2.45, 2.75) is 28.8 Å². The maximum absolute atomic E-state index is 13.8. The van der Waals surface area contributed by atoms with Gasteiger partial charge >= 0.3 is 0 Å². The number of nitro benzene ring substituents is 1. The van der Waals surface area contributed by atoms with Crippen LogP contribution in [0.3, 0.4) is 0 Å². The minimum absolute atomic E-state index is 0.0761. The van der Waals surface area contributed by atoms with Crippen molar-refractivity contribution in [3.63, 3.8) is 0 Å². The van der Waals surface area contributed by atoms with E-state index >= 15 is 0 Å². The Labute approximate surface area is 359 Å². The fourth-order valence-corrected chi connectivity index (χ4v) is 9.77. The van der Waals surface area contributed by atoms with Crippen LogP contribution < -0.4 is 14.9 Å². The number of thioether (sulfide) groups is 1. The average Bonchev–Trinajstić information content (AvgIpc) is 3.28. The molecule has 0 aliphatic carbocycles. The van der Waals surface area contributed by atoms with Crippen LogP contribution in [-0.4, -0.2) is 104 Å². The smallest absolute Gasteiger partial charge is 0.293 e. The SMILES string of the molecule is O=[N+]([O-])c1cc(S(=O)(=O)Nc2ncnc3cc(N4CCN(Cc5ccccc5-c5ccc(F)cc5)CC4)ccc23)ccc1NC(CCN1CCOCC1)CSc1ccccc1. The van der Waals surface area contributed by atoms with E-state index in [0.29, 0.717) is 29.9 Å². The summed E-state index contributed by atoms with van der Waals surface area (Å²) < 4.78 is 49.3. The van der Waals surface area contributed by atoms with Gasteiger partial charge in [-0.25, -0.2) is 22.8 Å². The second-order valence-electron chi connectivity index (χ2n) is 15.1. The zero-order valence-electron chi connectivity index (χ0n) is 33.5. The number of benzene rings is 5. The molecule has 0 spiro atoms. The molecule has 3 heterocycles. The van der Waals surface area contributed by atoms with E-state index in [2.05, 4.69) is 46.8 Å². The number of nitrogens with one attached hydrogen (secondary N) is 2. The van der Waals surface area contributed by atoms with Crippen molar-refractivity contribution in [3.05, 3.63) is 143 Å². The molecule has 2 aliphatic heterocycles. The first-order valence-electron chi connectivity index (χ1n) is 20.3. The quantitative estimate of drug-likeness (QED) is 0.0557. The number of anilines is 3. The van der Waals surface area contributed by atoms with Crippen molar-refractivity contribution in [1.29, 1.82) is 0 Å². The maximum atomic E-state index is 13.8. The lowest BCUT2D eigenvalue weighted by Gasteiger charge is -2.36. The van der Waals surface area contributed by atoms with Gasteiger partial charge in [-0.05, 0) is 77.7 Å². The number of ether oxygens (including phenoxy) is 1. The van der Waals surface area contributed by atoms with Gasteiger partial charge in [-0.3, -0.25) is 24.6 Å². The highest BCUT2D eigenvalue weighted by Gasteiger charge is 2.26. The van der Waals surface area contributed by atoms with Gasteiger partial charge in [-0.15, -0.1) is 11.8 Å². The van der Waals surface area contributed by atoms with Crippen LogP contribution >= 0.6 is 11.8 Å². The van der Waals surface area contributed by atoms with E-state index in [-0.39, 0.29) is 33.9 Å². The monoisotopic (exact) mass is 862 g/mol. The first-order valence-corrected chi connectivity index (χ1v) is 22.8. The van der Waals surface area contributed by atoms with Gasteiger partial charge in [0.05, 0.1) is 28.5 Å². The molecular formula is C45H47FN8O5S2. The third-order valence-corrected chi connectivity index (χ3v) is 13.6. The van der Waals surface area contributed by atoms with Crippen LogP contribution in [0.4, 0.5) is 27.3 Å². The van der Waals surface area contributed by atoms with Crippen molar-refractivity contribution >= 4 is 55.6 Å². The largest absolute Gasteiger partial charge is 0.379 e. The molecule has 2 fully saturated rings. The molecule has 2 N–H and O–H groups in total. The molecule has 8 rings (SSSR count). The van der Waals surface area contributed by atoms with Crippen LogP contribution in [0.2, 0.25) is 0 Å². The summed E-state index contributed by atoms with van der Waals surface area (Å²) in [4.78, 5) is 28.4. The predicted octanol–water partition coefficient (Wildman–Crippen LogP) is 7.76. The Hall–Kier alpha value is -5.65. The highest BCUT2D eigenvalue weighted by Crippen LogP contribution is 2.33. The van der Waals surface area contributed by atoms with E-state index < -0.39 is 14.9 Å². The van der Waals surface area contributed by atoms with E-state index in [1.165, 1.54) is 36.2 Å². The number of aromatic nitrogens is 2. The molecule has 1 aromatic heterocycles. The molecule has 0 amide bonds. The molecule has 5 aromatic carbocycles. The van der Waals surface area contributed by atoms with Crippen LogP contribution in [0.5, 0.6) is 0 Å². The summed E-state index contributed by atoms with van der Waals surface area (Å²) in [5, 5.41) is 16.3. The molecule has 16 heteroatoms. The summed E-state index contributed by atoms with van der Waals surface area (Å²) >= 11 is 1.66. The van der Waals surface area contributed by atoms with Crippen molar-refractivity contribution in [3.8, 4) is 11.1 Å². The molecule has 0 radical (unpaired) electrons. The Morgan fingerprint density at radius 2 is 1.59 bits per heavy atom. The first kappa shape index (κ1) is 42.1. The van der Waals surface area contributed by atoms with Crippen molar-refractivity contribution < 1.29 is 22.5 Å². The molecule has 1 atom stereocenters. The molecule has 13 nitrogen and oxygen atoms in total. The summed E-state index contributed by atoms with van der Waals surface area (Å²) in [6.07, 6.45) is 2.03. The minimum atomic E-state index is -4.29. The Balaban J connectivity index is 0.934. The number of piperazine rings is 1. The molecular weight excluding hydrogens is 816 g/mol. The summed E-state index contributed by atoms with van der Waals surface area (Å²) in [6, 6.07) is 34.2. The van der Waals surface area contributed by atoms with Crippen LogP contribution in [-0.2, 0) is 21.3 Å². The van der Waals surface area contributed by atoms with E-state index in [4.69, 9.17) is 4.74 Å². The molecule has 2 aliphatic rings. The minimum Gasteiger partial charge on any atom is -0.379 e. The zero-order valence-corrected chi connectivity index (χ0v) is 35.2. The zero-order chi connectivity index (χ0) is 42.2. The van der Waals surface area contributed by atoms with Gasteiger partial charge in [0, 0.05) is 86.2 Å². The van der Waals surface area contributed by atoms with E-state index in [1.807, 2.05) is 66.7 Å². The number of nitrogens with zero attached hydrogens (tertiary/aromatic N) is 6. The van der Waals surface area contributed by atoms with Crippen LogP contribution in [0.15, 0.2) is 131 Å². The second kappa shape index (κ2) is 19.4. The average molecular weight is 863 g/mol. The van der Waals surface area contributed by atoms with Gasteiger partial charge in [0.2, 0.25) is 0 Å². The molecule has 61 heavy (non-hydrogen) atoms. The third kappa shape index (κ3) is 10.6. The summed E-state index contributed by atoms with van der Waals surface area (Å²) in [5.74, 6) is 0.472. The van der Waals surface area contributed by atoms with E-state index in [9.17, 15) is 22.9 Å². The lowest BCUT2D eigenvalue weighted by Crippen LogP contribution is -2.46. The maximum Gasteiger partial charge on any atom is 0.293 e. The lowest BCUT2D eigenvalue weighted by molar-refractivity contribution is -0.384. The van der Waals surface area contributed by atoms with Gasteiger partial charge in [-0.1, -0.05) is 54.6 Å². The highest BCUT2D eigenvalue weighted by molar-refractivity contribution is 7.99. The Morgan fingerprint density at radius 3 is 2.36 bits per heavy atom. The predicted molar refractivity (Wildman–Crippen MR) is 239 cm³/mol. The molecule has 316 valence electrons. The molecule has 0 saturated carbocycles. The van der Waals surface area contributed by atoms with Gasteiger partial charge in [0.15, 0.2) is 5.82 Å². The normalized spacial score (nSPS) is 15.7. The van der Waals surface area contributed by atoms with E-state index in [0.717, 1.165) is 86.6 Å². The molecule has 2 saturated heterocycles. The topological polar surface area (TPSA) is 146 Å². The Bertz CT molecular complexity index is 2560. The number of rotatable bonds is 16. The van der Waals surface area contributed by atoms with Crippen LogP contribution in [0.25, 0.3) is 22.0 Å². The fraction of sp³-hybridized carbons (Fsp3) is 0.289. The first-order chi connectivity index (χ1) is 29.7. The molecule has 0 bridgehead atoms. The van der Waals surface area contributed by atoms with Crippen molar-refractivity contribution in [2.75, 3.05) is 79.7 Å². The number of sulfonamides is 1. The number of nitro groups is 1. The van der Waals surface area contributed by atoms with Crippen molar-refractivity contribution in [2.24, 2.45) is 0 Å². The second-order valence-corrected chi connectivity index (χ2v) is 17.9.